The Morgan fingerprint density at radius 2 is 2.00 bits per heavy atom. The molecule has 1 amide bonds. The van der Waals surface area contributed by atoms with E-state index in [1.165, 1.54) is 38.2 Å². The lowest BCUT2D eigenvalue weighted by atomic mass is 9.99. The third-order valence-corrected chi connectivity index (χ3v) is 5.01. The molecule has 0 radical (unpaired) electrons. The molecule has 1 N–H and O–H groups in total. The molecule has 3 rings (SSSR count). The van der Waals surface area contributed by atoms with Gasteiger partial charge < -0.3 is 19.7 Å². The summed E-state index contributed by atoms with van der Waals surface area (Å²) >= 11 is 0. The zero-order valence-corrected chi connectivity index (χ0v) is 16.5. The van der Waals surface area contributed by atoms with E-state index in [0.29, 0.717) is 0 Å². The molecule has 1 aromatic heterocycles. The molecule has 1 fully saturated rings. The number of ether oxygens (including phenoxy) is 2. The SMILES string of the molecule is COc1ccc(C(=O)NCc2ccc(N3CCC(C)CC3)nc2)cc1OC(F)F. The molecular weight excluding hydrogens is 380 g/mol. The van der Waals surface area contributed by atoms with E-state index >= 15 is 0 Å². The average Bonchev–Trinajstić information content (AvgIpc) is 2.72. The monoisotopic (exact) mass is 405 g/mol. The third-order valence-electron chi connectivity index (χ3n) is 5.01. The fourth-order valence-electron chi connectivity index (χ4n) is 3.24. The number of amides is 1. The highest BCUT2D eigenvalue weighted by molar-refractivity contribution is 5.94. The topological polar surface area (TPSA) is 63.7 Å². The number of piperidine rings is 1. The summed E-state index contributed by atoms with van der Waals surface area (Å²) in [6.07, 6.45) is 4.07. The first-order valence-electron chi connectivity index (χ1n) is 9.57. The van der Waals surface area contributed by atoms with Crippen molar-refractivity contribution in [2.45, 2.75) is 32.9 Å². The van der Waals surface area contributed by atoms with Gasteiger partial charge in [-0.15, -0.1) is 0 Å². The van der Waals surface area contributed by atoms with Crippen molar-refractivity contribution in [1.29, 1.82) is 0 Å². The van der Waals surface area contributed by atoms with Gasteiger partial charge in [-0.25, -0.2) is 4.98 Å². The van der Waals surface area contributed by atoms with E-state index in [9.17, 15) is 13.6 Å². The Kier molecular flexibility index (Phi) is 6.85. The Morgan fingerprint density at radius 3 is 2.62 bits per heavy atom. The molecule has 0 unspecified atom stereocenters. The molecule has 0 bridgehead atoms. The molecule has 6 nitrogen and oxygen atoms in total. The number of aromatic nitrogens is 1. The van der Waals surface area contributed by atoms with Crippen molar-refractivity contribution in [2.24, 2.45) is 5.92 Å². The van der Waals surface area contributed by atoms with E-state index < -0.39 is 12.5 Å². The van der Waals surface area contributed by atoms with Crippen molar-refractivity contribution in [3.63, 3.8) is 0 Å². The van der Waals surface area contributed by atoms with Gasteiger partial charge in [0.05, 0.1) is 7.11 Å². The maximum absolute atomic E-state index is 12.5. The van der Waals surface area contributed by atoms with E-state index in [-0.39, 0.29) is 23.6 Å². The highest BCUT2D eigenvalue weighted by atomic mass is 19.3. The Balaban J connectivity index is 1.59. The zero-order valence-electron chi connectivity index (χ0n) is 16.5. The first-order chi connectivity index (χ1) is 14.0. The summed E-state index contributed by atoms with van der Waals surface area (Å²) in [7, 11) is 1.34. The summed E-state index contributed by atoms with van der Waals surface area (Å²) in [5.74, 6) is 1.24. The van der Waals surface area contributed by atoms with Gasteiger partial charge in [-0.1, -0.05) is 13.0 Å². The van der Waals surface area contributed by atoms with E-state index in [1.54, 1.807) is 6.20 Å². The van der Waals surface area contributed by atoms with E-state index in [4.69, 9.17) is 4.74 Å². The number of hydrogen-bond donors (Lipinski definition) is 1. The van der Waals surface area contributed by atoms with Crippen molar-refractivity contribution in [2.75, 3.05) is 25.1 Å². The fraction of sp³-hybridized carbons (Fsp3) is 0.429. The standard InChI is InChI=1S/C21H25F2N3O3/c1-14-7-9-26(10-8-14)19-6-3-15(12-24-19)13-25-20(27)16-4-5-17(28-2)18(11-16)29-21(22)23/h3-6,11-12,14,21H,7-10,13H2,1-2H3,(H,25,27). The van der Waals surface area contributed by atoms with E-state index in [2.05, 4.69) is 26.9 Å². The predicted octanol–water partition coefficient (Wildman–Crippen LogP) is 3.86. The van der Waals surface area contributed by atoms with Gasteiger partial charge in [-0.05, 0) is 48.6 Å². The molecule has 1 aliphatic heterocycles. The number of methoxy groups -OCH3 is 1. The van der Waals surface area contributed by atoms with E-state index in [0.717, 1.165) is 30.4 Å². The molecule has 1 aliphatic rings. The number of nitrogens with one attached hydrogen (secondary N) is 1. The van der Waals surface area contributed by atoms with Crippen molar-refractivity contribution >= 4 is 11.7 Å². The number of nitrogens with zero attached hydrogens (tertiary/aromatic N) is 2. The molecule has 29 heavy (non-hydrogen) atoms. The molecule has 1 aromatic carbocycles. The van der Waals surface area contributed by atoms with E-state index in [1.807, 2.05) is 12.1 Å². The second-order valence-electron chi connectivity index (χ2n) is 7.12. The highest BCUT2D eigenvalue weighted by Crippen LogP contribution is 2.29. The molecule has 0 saturated carbocycles. The van der Waals surface area contributed by atoms with Crippen LogP contribution in [0.1, 0.15) is 35.7 Å². The molecule has 1 saturated heterocycles. The lowest BCUT2D eigenvalue weighted by Gasteiger charge is -2.31. The number of alkyl halides is 2. The summed E-state index contributed by atoms with van der Waals surface area (Å²) in [4.78, 5) is 19.1. The van der Waals surface area contributed by atoms with Crippen LogP contribution in [0.25, 0.3) is 0 Å². The van der Waals surface area contributed by atoms with Gasteiger partial charge in [0.15, 0.2) is 11.5 Å². The van der Waals surface area contributed by atoms with Crippen LogP contribution in [0.4, 0.5) is 14.6 Å². The second-order valence-corrected chi connectivity index (χ2v) is 7.12. The Hall–Kier alpha value is -2.90. The predicted molar refractivity (Wildman–Crippen MR) is 106 cm³/mol. The summed E-state index contributed by atoms with van der Waals surface area (Å²) in [5.41, 5.74) is 1.05. The summed E-state index contributed by atoms with van der Waals surface area (Å²) in [6, 6.07) is 8.03. The minimum Gasteiger partial charge on any atom is -0.493 e. The van der Waals surface area contributed by atoms with Crippen LogP contribution in [0.2, 0.25) is 0 Å². The zero-order chi connectivity index (χ0) is 20.8. The van der Waals surface area contributed by atoms with Crippen LogP contribution in [0.5, 0.6) is 11.5 Å². The normalized spacial score (nSPS) is 14.7. The maximum atomic E-state index is 12.5. The Morgan fingerprint density at radius 1 is 1.24 bits per heavy atom. The van der Waals surface area contributed by atoms with Crippen LogP contribution in [0.15, 0.2) is 36.5 Å². The average molecular weight is 405 g/mol. The largest absolute Gasteiger partial charge is 0.493 e. The van der Waals surface area contributed by atoms with Crippen LogP contribution in [-0.2, 0) is 6.54 Å². The van der Waals surface area contributed by atoms with Gasteiger partial charge in [0, 0.05) is 31.4 Å². The van der Waals surface area contributed by atoms with Crippen LogP contribution in [-0.4, -0.2) is 37.7 Å². The molecular formula is C21H25F2N3O3. The quantitative estimate of drug-likeness (QED) is 0.758. The molecule has 2 aromatic rings. The highest BCUT2D eigenvalue weighted by Gasteiger charge is 2.17. The second kappa shape index (κ2) is 9.54. The lowest BCUT2D eigenvalue weighted by molar-refractivity contribution is -0.0512. The van der Waals surface area contributed by atoms with Gasteiger partial charge in [-0.3, -0.25) is 4.79 Å². The number of pyridine rings is 1. The molecule has 156 valence electrons. The van der Waals surface area contributed by atoms with Crippen molar-refractivity contribution in [1.82, 2.24) is 10.3 Å². The van der Waals surface area contributed by atoms with Gasteiger partial charge in [0.25, 0.3) is 5.91 Å². The number of rotatable bonds is 7. The summed E-state index contributed by atoms with van der Waals surface area (Å²) in [6.45, 7) is 1.55. The molecule has 0 aliphatic carbocycles. The number of halogens is 2. The van der Waals surface area contributed by atoms with Gasteiger partial charge in [0.2, 0.25) is 0 Å². The van der Waals surface area contributed by atoms with Crippen molar-refractivity contribution < 1.29 is 23.0 Å². The Bertz CT molecular complexity index is 822. The van der Waals surface area contributed by atoms with Crippen molar-refractivity contribution in [3.05, 3.63) is 47.7 Å². The Labute approximate surface area is 168 Å². The van der Waals surface area contributed by atoms with Crippen LogP contribution in [0, 0.1) is 5.92 Å². The molecule has 2 heterocycles. The molecule has 8 heteroatoms. The van der Waals surface area contributed by atoms with Gasteiger partial charge >= 0.3 is 6.61 Å². The maximum Gasteiger partial charge on any atom is 0.387 e. The van der Waals surface area contributed by atoms with Gasteiger partial charge in [-0.2, -0.15) is 8.78 Å². The number of carbonyl (C=O) groups is 1. The molecule has 0 spiro atoms. The van der Waals surface area contributed by atoms with Gasteiger partial charge in [0.1, 0.15) is 5.82 Å². The number of hydrogen-bond acceptors (Lipinski definition) is 5. The van der Waals surface area contributed by atoms with Crippen LogP contribution in [0.3, 0.4) is 0 Å². The fourth-order valence-corrected chi connectivity index (χ4v) is 3.24. The number of carbonyl (C=O) groups excluding carboxylic acids is 1. The molecule has 0 atom stereocenters. The first kappa shape index (κ1) is 20.8. The number of anilines is 1. The minimum atomic E-state index is -3.00. The summed E-state index contributed by atoms with van der Waals surface area (Å²) < 4.78 is 34.5. The van der Waals surface area contributed by atoms with Crippen LogP contribution >= 0.6 is 0 Å². The minimum absolute atomic E-state index is 0.133. The van der Waals surface area contributed by atoms with Crippen molar-refractivity contribution in [3.8, 4) is 11.5 Å². The van der Waals surface area contributed by atoms with Crippen LogP contribution < -0.4 is 19.7 Å². The first-order valence-corrected chi connectivity index (χ1v) is 9.57. The summed E-state index contributed by atoms with van der Waals surface area (Å²) in [5, 5.41) is 2.76. The smallest absolute Gasteiger partial charge is 0.387 e. The lowest BCUT2D eigenvalue weighted by Crippen LogP contribution is -2.33. The third kappa shape index (κ3) is 5.56. The number of benzene rings is 1.